The lowest BCUT2D eigenvalue weighted by molar-refractivity contribution is -0.115. The molecular formula is C24H29N5OS2. The molecule has 1 aliphatic carbocycles. The third kappa shape index (κ3) is 5.02. The highest BCUT2D eigenvalue weighted by Gasteiger charge is 2.31. The molecule has 0 spiro atoms. The molecule has 6 nitrogen and oxygen atoms in total. The molecule has 1 N–H and O–H groups in total. The minimum absolute atomic E-state index is 0.00845. The minimum atomic E-state index is -0.256. The normalized spacial score (nSPS) is 17.3. The van der Waals surface area contributed by atoms with Crippen molar-refractivity contribution >= 4 is 40.4 Å². The summed E-state index contributed by atoms with van der Waals surface area (Å²) in [5.41, 5.74) is 2.08. The first kappa shape index (κ1) is 21.5. The number of aromatic nitrogens is 3. The summed E-state index contributed by atoms with van der Waals surface area (Å²) in [6.45, 7) is 4.18. The van der Waals surface area contributed by atoms with Gasteiger partial charge in [-0.05, 0) is 74.7 Å². The third-order valence-electron chi connectivity index (χ3n) is 6.07. The molecule has 3 aromatic rings. The average molecular weight is 468 g/mol. The Hall–Kier alpha value is -2.32. The van der Waals surface area contributed by atoms with Crippen LogP contribution in [0, 0.1) is 0 Å². The van der Waals surface area contributed by atoms with E-state index in [4.69, 9.17) is 0 Å². The van der Waals surface area contributed by atoms with Gasteiger partial charge in [-0.15, -0.1) is 21.5 Å². The van der Waals surface area contributed by atoms with E-state index in [-0.39, 0.29) is 11.2 Å². The first-order valence-corrected chi connectivity index (χ1v) is 13.2. The molecule has 8 heteroatoms. The topological polar surface area (TPSA) is 63.1 Å². The Morgan fingerprint density at radius 1 is 1.16 bits per heavy atom. The van der Waals surface area contributed by atoms with E-state index in [2.05, 4.69) is 54.6 Å². The molecule has 0 radical (unpaired) electrons. The smallest absolute Gasteiger partial charge is 0.237 e. The standard InChI is InChI=1S/C24H29N5OS2/c1-17(23(30)25-18-7-9-19(10-8-18)28-13-3-2-4-14-28)32-24-27-26-22(29(24)20-11-12-20)16-21-6-5-15-31-21/h5-10,15,17,20H,2-4,11-14,16H2,1H3,(H,25,30). The van der Waals surface area contributed by atoms with E-state index < -0.39 is 0 Å². The van der Waals surface area contributed by atoms with E-state index in [0.29, 0.717) is 6.04 Å². The number of amides is 1. The maximum atomic E-state index is 12.9. The average Bonchev–Trinajstić information content (AvgIpc) is 3.38. The maximum absolute atomic E-state index is 12.9. The fraction of sp³-hybridized carbons (Fsp3) is 0.458. The summed E-state index contributed by atoms with van der Waals surface area (Å²) in [5.74, 6) is 0.990. The summed E-state index contributed by atoms with van der Waals surface area (Å²) in [7, 11) is 0. The SMILES string of the molecule is CC(Sc1nnc(Cc2cccs2)n1C1CC1)C(=O)Nc1ccc(N2CCCCC2)cc1. The Morgan fingerprint density at radius 3 is 2.62 bits per heavy atom. The Morgan fingerprint density at radius 2 is 1.94 bits per heavy atom. The number of piperidine rings is 1. The number of thioether (sulfide) groups is 1. The van der Waals surface area contributed by atoms with Crippen LogP contribution in [-0.2, 0) is 11.2 Å². The van der Waals surface area contributed by atoms with Crippen molar-refractivity contribution in [3.63, 3.8) is 0 Å². The van der Waals surface area contributed by atoms with Gasteiger partial charge in [0.2, 0.25) is 5.91 Å². The molecule has 1 atom stereocenters. The highest BCUT2D eigenvalue weighted by Crippen LogP contribution is 2.40. The van der Waals surface area contributed by atoms with Crippen LogP contribution in [0.15, 0.2) is 46.9 Å². The number of hydrogen-bond donors (Lipinski definition) is 1. The number of carbonyl (C=O) groups excluding carboxylic acids is 1. The van der Waals surface area contributed by atoms with Crippen LogP contribution < -0.4 is 10.2 Å². The van der Waals surface area contributed by atoms with Crippen molar-refractivity contribution in [3.8, 4) is 0 Å². The molecule has 1 saturated carbocycles. The van der Waals surface area contributed by atoms with Crippen molar-refractivity contribution in [1.29, 1.82) is 0 Å². The van der Waals surface area contributed by atoms with Crippen LogP contribution in [0.25, 0.3) is 0 Å². The second-order valence-corrected chi connectivity index (χ2v) is 10.9. The minimum Gasteiger partial charge on any atom is -0.372 e. The number of benzene rings is 1. The molecule has 1 unspecified atom stereocenters. The van der Waals surface area contributed by atoms with Crippen LogP contribution in [0.5, 0.6) is 0 Å². The molecular weight excluding hydrogens is 438 g/mol. The number of nitrogens with one attached hydrogen (secondary N) is 1. The van der Waals surface area contributed by atoms with Crippen molar-refractivity contribution in [1.82, 2.24) is 14.8 Å². The molecule has 1 aliphatic heterocycles. The van der Waals surface area contributed by atoms with Gasteiger partial charge in [-0.2, -0.15) is 0 Å². The van der Waals surface area contributed by atoms with Crippen molar-refractivity contribution in [2.24, 2.45) is 0 Å². The molecule has 2 fully saturated rings. The molecule has 32 heavy (non-hydrogen) atoms. The van der Waals surface area contributed by atoms with Gasteiger partial charge in [0, 0.05) is 41.8 Å². The summed E-state index contributed by atoms with van der Waals surface area (Å²) in [6, 6.07) is 12.9. The maximum Gasteiger partial charge on any atom is 0.237 e. The van der Waals surface area contributed by atoms with Crippen LogP contribution in [0.3, 0.4) is 0 Å². The molecule has 0 bridgehead atoms. The van der Waals surface area contributed by atoms with Crippen molar-refractivity contribution < 1.29 is 4.79 Å². The van der Waals surface area contributed by atoms with Gasteiger partial charge >= 0.3 is 0 Å². The van der Waals surface area contributed by atoms with E-state index in [1.807, 2.05) is 19.1 Å². The van der Waals surface area contributed by atoms with Crippen molar-refractivity contribution in [3.05, 3.63) is 52.5 Å². The molecule has 5 rings (SSSR count). The highest BCUT2D eigenvalue weighted by molar-refractivity contribution is 8.00. The lowest BCUT2D eigenvalue weighted by Gasteiger charge is -2.28. The molecule has 168 valence electrons. The zero-order chi connectivity index (χ0) is 21.9. The highest BCUT2D eigenvalue weighted by atomic mass is 32.2. The summed E-state index contributed by atoms with van der Waals surface area (Å²) in [6.07, 6.45) is 6.96. The predicted molar refractivity (Wildman–Crippen MR) is 132 cm³/mol. The van der Waals surface area contributed by atoms with Gasteiger partial charge in [-0.1, -0.05) is 17.8 Å². The Kier molecular flexibility index (Phi) is 6.50. The fourth-order valence-corrected chi connectivity index (χ4v) is 5.78. The number of anilines is 2. The van der Waals surface area contributed by atoms with Crippen LogP contribution in [0.4, 0.5) is 11.4 Å². The Labute approximate surface area is 197 Å². The van der Waals surface area contributed by atoms with Crippen molar-refractivity contribution in [2.45, 2.75) is 61.9 Å². The van der Waals surface area contributed by atoms with Gasteiger partial charge < -0.3 is 14.8 Å². The van der Waals surface area contributed by atoms with Gasteiger partial charge in [0.1, 0.15) is 5.82 Å². The summed E-state index contributed by atoms with van der Waals surface area (Å²) >= 11 is 3.24. The molecule has 2 aromatic heterocycles. The molecule has 1 amide bonds. The Bertz CT molecular complexity index is 1040. The summed E-state index contributed by atoms with van der Waals surface area (Å²) < 4.78 is 2.25. The Balaban J connectivity index is 1.22. The van der Waals surface area contributed by atoms with E-state index >= 15 is 0 Å². The number of thiophene rings is 1. The van der Waals surface area contributed by atoms with Crippen LogP contribution in [0.1, 0.15) is 55.8 Å². The van der Waals surface area contributed by atoms with Gasteiger partial charge in [-0.3, -0.25) is 4.79 Å². The van der Waals surface area contributed by atoms with Crippen LogP contribution in [-0.4, -0.2) is 39.0 Å². The lowest BCUT2D eigenvalue weighted by Crippen LogP contribution is -2.29. The third-order valence-corrected chi connectivity index (χ3v) is 8.00. The van der Waals surface area contributed by atoms with Gasteiger partial charge in [-0.25, -0.2) is 0 Å². The second kappa shape index (κ2) is 9.67. The van der Waals surface area contributed by atoms with Crippen molar-refractivity contribution in [2.75, 3.05) is 23.3 Å². The summed E-state index contributed by atoms with van der Waals surface area (Å²) in [5, 5.41) is 14.7. The van der Waals surface area contributed by atoms with Gasteiger partial charge in [0.05, 0.1) is 5.25 Å². The molecule has 1 aromatic carbocycles. The number of hydrogen-bond acceptors (Lipinski definition) is 6. The first-order chi connectivity index (χ1) is 15.7. The van der Waals surface area contributed by atoms with E-state index in [1.165, 1.54) is 41.6 Å². The van der Waals surface area contributed by atoms with E-state index in [9.17, 15) is 4.79 Å². The monoisotopic (exact) mass is 467 g/mol. The van der Waals surface area contributed by atoms with E-state index in [1.54, 1.807) is 11.3 Å². The van der Waals surface area contributed by atoms with Crippen LogP contribution >= 0.6 is 23.1 Å². The molecule has 3 heterocycles. The second-order valence-electron chi connectivity index (χ2n) is 8.60. The first-order valence-electron chi connectivity index (χ1n) is 11.5. The number of nitrogens with zero attached hydrogens (tertiary/aromatic N) is 4. The largest absolute Gasteiger partial charge is 0.372 e. The number of rotatable bonds is 8. The zero-order valence-electron chi connectivity index (χ0n) is 18.4. The van der Waals surface area contributed by atoms with Gasteiger partial charge in [0.15, 0.2) is 5.16 Å². The molecule has 2 aliphatic rings. The lowest BCUT2D eigenvalue weighted by atomic mass is 10.1. The summed E-state index contributed by atoms with van der Waals surface area (Å²) in [4.78, 5) is 16.6. The van der Waals surface area contributed by atoms with Gasteiger partial charge in [0.25, 0.3) is 0 Å². The predicted octanol–water partition coefficient (Wildman–Crippen LogP) is 5.37. The number of carbonyl (C=O) groups is 1. The quantitative estimate of drug-likeness (QED) is 0.451. The fourth-order valence-electron chi connectivity index (χ4n) is 4.14. The zero-order valence-corrected chi connectivity index (χ0v) is 20.0. The van der Waals surface area contributed by atoms with E-state index in [0.717, 1.165) is 49.0 Å². The van der Waals surface area contributed by atoms with Crippen LogP contribution in [0.2, 0.25) is 0 Å². The molecule has 1 saturated heterocycles.